The summed E-state index contributed by atoms with van der Waals surface area (Å²) in [4.78, 5) is 21.0. The molecule has 0 radical (unpaired) electrons. The van der Waals surface area contributed by atoms with Crippen LogP contribution in [0.3, 0.4) is 0 Å². The van der Waals surface area contributed by atoms with E-state index in [1.807, 2.05) is 0 Å². The topological polar surface area (TPSA) is 113 Å². The summed E-state index contributed by atoms with van der Waals surface area (Å²) in [7, 11) is 0. The molecule has 0 fully saturated rings. The molecule has 0 saturated heterocycles. The van der Waals surface area contributed by atoms with Crippen molar-refractivity contribution in [1.29, 1.82) is 0 Å². The lowest BCUT2D eigenvalue weighted by Crippen LogP contribution is -2.37. The van der Waals surface area contributed by atoms with Gasteiger partial charge in [-0.2, -0.15) is 5.48 Å². The minimum absolute atomic E-state index is 0.146. The first-order valence-electron chi connectivity index (χ1n) is 3.87. The van der Waals surface area contributed by atoms with Gasteiger partial charge in [-0.1, -0.05) is 0 Å². The van der Waals surface area contributed by atoms with E-state index < -0.39 is 18.1 Å². The maximum Gasteiger partial charge on any atom is 0.320 e. The molecule has 2 atom stereocenters. The van der Waals surface area contributed by atoms with Gasteiger partial charge >= 0.3 is 5.97 Å². The fraction of sp³-hybridized carbons (Fsp3) is 0.714. The maximum absolute atomic E-state index is 10.7. The number of carbonyl (C=O) groups excluding carboxylic acids is 1. The molecule has 6 heteroatoms. The van der Waals surface area contributed by atoms with Gasteiger partial charge in [0, 0.05) is 0 Å². The lowest BCUT2D eigenvalue weighted by atomic mass is 10.0. The molecule has 1 unspecified atom stereocenters. The number of Topliss-reactive ketones (excluding diaryl/α,β-unsaturated/α-hetero) is 1. The van der Waals surface area contributed by atoms with Crippen LogP contribution in [0.4, 0.5) is 0 Å². The Morgan fingerprint density at radius 2 is 2.00 bits per heavy atom. The summed E-state index contributed by atoms with van der Waals surface area (Å²) in [5.74, 6) is -1.36. The van der Waals surface area contributed by atoms with E-state index in [-0.39, 0.29) is 18.6 Å². The van der Waals surface area contributed by atoms with Crippen molar-refractivity contribution in [1.82, 2.24) is 5.48 Å². The van der Waals surface area contributed by atoms with Gasteiger partial charge < -0.3 is 16.0 Å². The van der Waals surface area contributed by atoms with Crippen LogP contribution in [0.25, 0.3) is 0 Å². The summed E-state index contributed by atoms with van der Waals surface area (Å²) in [6, 6.07) is -1.72. The first-order valence-corrected chi connectivity index (χ1v) is 3.87. The highest BCUT2D eigenvalue weighted by Crippen LogP contribution is 2.01. The van der Waals surface area contributed by atoms with Crippen LogP contribution in [0.15, 0.2) is 0 Å². The molecule has 6 nitrogen and oxygen atoms in total. The number of nitrogens with one attached hydrogen (secondary N) is 1. The van der Waals surface area contributed by atoms with Crippen molar-refractivity contribution < 1.29 is 19.9 Å². The predicted octanol–water partition coefficient (Wildman–Crippen LogP) is -0.885. The van der Waals surface area contributed by atoms with Crippen molar-refractivity contribution in [3.63, 3.8) is 0 Å². The molecule has 0 heterocycles. The first-order chi connectivity index (χ1) is 5.99. The van der Waals surface area contributed by atoms with Crippen LogP contribution in [0.5, 0.6) is 0 Å². The van der Waals surface area contributed by atoms with Crippen LogP contribution in [0.2, 0.25) is 0 Å². The van der Waals surface area contributed by atoms with Crippen molar-refractivity contribution in [2.75, 3.05) is 0 Å². The molecule has 76 valence electrons. The molecule has 0 spiro atoms. The lowest BCUT2D eigenvalue weighted by molar-refractivity contribution is -0.139. The van der Waals surface area contributed by atoms with Gasteiger partial charge in [0.15, 0.2) is 0 Å². The van der Waals surface area contributed by atoms with Crippen LogP contribution in [-0.2, 0) is 9.59 Å². The molecule has 0 aliphatic carbocycles. The van der Waals surface area contributed by atoms with Crippen LogP contribution in [0, 0.1) is 0 Å². The number of carbonyl (C=O) groups is 2. The Morgan fingerprint density at radius 1 is 1.46 bits per heavy atom. The van der Waals surface area contributed by atoms with Crippen molar-refractivity contribution in [3.05, 3.63) is 0 Å². The standard InChI is InChI=1S/C7H14N2O4/c1-4(10)6(9-13)3-2-5(8)7(11)12/h5-6,9,13H,2-3,8H2,1H3,(H,11,12)/t5-,6?/m0/s1. The third-order valence-electron chi connectivity index (χ3n) is 1.73. The van der Waals surface area contributed by atoms with Gasteiger partial charge in [0.1, 0.15) is 11.8 Å². The average Bonchev–Trinajstić information content (AvgIpc) is 2.04. The highest BCUT2D eigenvalue weighted by atomic mass is 16.5. The SMILES string of the molecule is CC(=O)C(CC[C@H](N)C(=O)O)NO. The number of rotatable bonds is 6. The summed E-state index contributed by atoms with van der Waals surface area (Å²) < 4.78 is 0. The van der Waals surface area contributed by atoms with Crippen LogP contribution in [-0.4, -0.2) is 34.2 Å². The van der Waals surface area contributed by atoms with E-state index in [2.05, 4.69) is 0 Å². The van der Waals surface area contributed by atoms with Gasteiger partial charge in [-0.3, -0.25) is 9.59 Å². The maximum atomic E-state index is 10.7. The molecule has 0 aromatic rings. The lowest BCUT2D eigenvalue weighted by Gasteiger charge is -2.12. The summed E-state index contributed by atoms with van der Waals surface area (Å²) in [5.41, 5.74) is 7.00. The van der Waals surface area contributed by atoms with Crippen LogP contribution >= 0.6 is 0 Å². The fourth-order valence-electron chi connectivity index (χ4n) is 0.828. The Kier molecular flexibility index (Phi) is 5.20. The second kappa shape index (κ2) is 5.63. The minimum Gasteiger partial charge on any atom is -0.480 e. The normalized spacial score (nSPS) is 15.0. The summed E-state index contributed by atoms with van der Waals surface area (Å²) in [6.45, 7) is 1.31. The molecule has 13 heavy (non-hydrogen) atoms. The summed E-state index contributed by atoms with van der Waals surface area (Å²) in [5, 5.41) is 16.9. The number of nitrogens with two attached hydrogens (primary N) is 1. The van der Waals surface area contributed by atoms with E-state index in [0.717, 1.165) is 0 Å². The monoisotopic (exact) mass is 190 g/mol. The molecule has 0 rings (SSSR count). The van der Waals surface area contributed by atoms with Gasteiger partial charge in [0.25, 0.3) is 0 Å². The van der Waals surface area contributed by atoms with Crippen molar-refractivity contribution in [2.24, 2.45) is 5.73 Å². The number of ketones is 1. The van der Waals surface area contributed by atoms with E-state index in [9.17, 15) is 9.59 Å². The van der Waals surface area contributed by atoms with E-state index in [0.29, 0.717) is 0 Å². The molecule has 0 aromatic heterocycles. The molecular formula is C7H14N2O4. The number of carboxylic acid groups (broad SMARTS) is 1. The fourth-order valence-corrected chi connectivity index (χ4v) is 0.828. The molecule has 0 saturated carbocycles. The highest BCUT2D eigenvalue weighted by Gasteiger charge is 2.17. The number of aliphatic carboxylic acids is 1. The van der Waals surface area contributed by atoms with Crippen LogP contribution < -0.4 is 11.2 Å². The molecule has 0 aliphatic heterocycles. The molecule has 0 amide bonds. The molecule has 0 bridgehead atoms. The van der Waals surface area contributed by atoms with E-state index in [1.54, 1.807) is 5.48 Å². The van der Waals surface area contributed by atoms with Gasteiger partial charge in [-0.05, 0) is 19.8 Å². The predicted molar refractivity (Wildman–Crippen MR) is 44.2 cm³/mol. The first kappa shape index (κ1) is 12.0. The largest absolute Gasteiger partial charge is 0.480 e. The van der Waals surface area contributed by atoms with Gasteiger partial charge in [-0.15, -0.1) is 0 Å². The van der Waals surface area contributed by atoms with Gasteiger partial charge in [0.2, 0.25) is 0 Å². The Balaban J connectivity index is 3.85. The third kappa shape index (κ3) is 4.56. The van der Waals surface area contributed by atoms with E-state index in [4.69, 9.17) is 16.0 Å². The second-order valence-electron chi connectivity index (χ2n) is 2.81. The number of carboxylic acids is 1. The van der Waals surface area contributed by atoms with Crippen molar-refractivity contribution in [2.45, 2.75) is 31.8 Å². The number of hydrogen-bond donors (Lipinski definition) is 4. The molecule has 0 aromatic carbocycles. The van der Waals surface area contributed by atoms with Gasteiger partial charge in [0.05, 0.1) is 6.04 Å². The summed E-state index contributed by atoms with van der Waals surface area (Å²) >= 11 is 0. The average molecular weight is 190 g/mol. The Hall–Kier alpha value is -0.980. The van der Waals surface area contributed by atoms with E-state index in [1.165, 1.54) is 6.92 Å². The van der Waals surface area contributed by atoms with E-state index >= 15 is 0 Å². The molecule has 0 aliphatic rings. The molecule has 5 N–H and O–H groups in total. The Labute approximate surface area is 75.7 Å². The van der Waals surface area contributed by atoms with Crippen LogP contribution in [0.1, 0.15) is 19.8 Å². The minimum atomic E-state index is -1.11. The zero-order chi connectivity index (χ0) is 10.4. The summed E-state index contributed by atoms with van der Waals surface area (Å²) in [6.07, 6.45) is 0.354. The third-order valence-corrected chi connectivity index (χ3v) is 1.73. The quantitative estimate of drug-likeness (QED) is 0.404. The number of hydrogen-bond acceptors (Lipinski definition) is 5. The number of hydroxylamine groups is 1. The Morgan fingerprint density at radius 3 is 2.31 bits per heavy atom. The highest BCUT2D eigenvalue weighted by molar-refractivity contribution is 5.81. The second-order valence-corrected chi connectivity index (χ2v) is 2.81. The smallest absolute Gasteiger partial charge is 0.320 e. The van der Waals surface area contributed by atoms with Gasteiger partial charge in [-0.25, -0.2) is 0 Å². The zero-order valence-electron chi connectivity index (χ0n) is 7.36. The molecular weight excluding hydrogens is 176 g/mol. The van der Waals surface area contributed by atoms with Crippen molar-refractivity contribution in [3.8, 4) is 0 Å². The zero-order valence-corrected chi connectivity index (χ0v) is 7.36. The Bertz CT molecular complexity index is 195. The van der Waals surface area contributed by atoms with Crippen molar-refractivity contribution >= 4 is 11.8 Å².